The van der Waals surface area contributed by atoms with Gasteiger partial charge in [0.1, 0.15) is 0 Å². The fraction of sp³-hybridized carbons (Fsp3) is 0.412. The van der Waals surface area contributed by atoms with Gasteiger partial charge in [0.05, 0.1) is 17.5 Å². The molecule has 0 spiro atoms. The summed E-state index contributed by atoms with van der Waals surface area (Å²) < 4.78 is 5.32. The van der Waals surface area contributed by atoms with E-state index in [1.165, 1.54) is 0 Å². The molecule has 5 nitrogen and oxygen atoms in total. The summed E-state index contributed by atoms with van der Waals surface area (Å²) in [6.45, 7) is 2.15. The first-order valence-corrected chi connectivity index (χ1v) is 7.59. The predicted molar refractivity (Wildman–Crippen MR) is 86.8 cm³/mol. The van der Waals surface area contributed by atoms with Crippen LogP contribution in [0.5, 0.6) is 0 Å². The van der Waals surface area contributed by atoms with Crippen LogP contribution < -0.4 is 10.6 Å². The molecule has 2 N–H and O–H groups in total. The summed E-state index contributed by atoms with van der Waals surface area (Å²) in [6, 6.07) is 9.67. The molecular weight excluding hydrogens is 278 g/mol. The number of benzene rings is 1. The Labute approximate surface area is 130 Å². The molecule has 2 aromatic rings. The van der Waals surface area contributed by atoms with Crippen molar-refractivity contribution < 1.29 is 9.53 Å². The molecule has 22 heavy (non-hydrogen) atoms. The summed E-state index contributed by atoms with van der Waals surface area (Å²) >= 11 is 0. The number of methoxy groups -OCH3 is 1. The van der Waals surface area contributed by atoms with Crippen LogP contribution >= 0.6 is 0 Å². The largest absolute Gasteiger partial charge is 0.384 e. The van der Waals surface area contributed by atoms with Crippen LogP contribution in [0, 0.1) is 5.41 Å². The molecule has 0 atom stereocenters. The highest BCUT2D eigenvalue weighted by atomic mass is 16.5. The Bertz CT molecular complexity index is 660. The van der Waals surface area contributed by atoms with Crippen molar-refractivity contribution in [2.45, 2.75) is 12.8 Å². The molecule has 1 amide bonds. The van der Waals surface area contributed by atoms with Crippen molar-refractivity contribution in [3.63, 3.8) is 0 Å². The van der Waals surface area contributed by atoms with E-state index < -0.39 is 5.41 Å². The number of ether oxygens (including phenoxy) is 1. The van der Waals surface area contributed by atoms with Gasteiger partial charge in [0, 0.05) is 24.4 Å². The van der Waals surface area contributed by atoms with Gasteiger partial charge in [-0.1, -0.05) is 6.07 Å². The van der Waals surface area contributed by atoms with Gasteiger partial charge in [-0.3, -0.25) is 9.78 Å². The maximum absolute atomic E-state index is 12.8. The Hall–Kier alpha value is -1.98. The summed E-state index contributed by atoms with van der Waals surface area (Å²) in [5.41, 5.74) is 1.29. The van der Waals surface area contributed by atoms with E-state index in [2.05, 4.69) is 15.6 Å². The SMILES string of the molecule is COCC1(C(=O)Nc2ccc3ncccc3c2)CCNCC1. The summed E-state index contributed by atoms with van der Waals surface area (Å²) in [7, 11) is 1.65. The molecular formula is C17H21N3O2. The van der Waals surface area contributed by atoms with Crippen molar-refractivity contribution in [2.24, 2.45) is 5.41 Å². The van der Waals surface area contributed by atoms with Gasteiger partial charge in [-0.2, -0.15) is 0 Å². The number of hydrogen-bond donors (Lipinski definition) is 2. The van der Waals surface area contributed by atoms with E-state index in [-0.39, 0.29) is 5.91 Å². The van der Waals surface area contributed by atoms with E-state index in [4.69, 9.17) is 4.74 Å². The topological polar surface area (TPSA) is 63.2 Å². The number of amides is 1. The minimum atomic E-state index is -0.441. The number of carbonyl (C=O) groups excluding carboxylic acids is 1. The van der Waals surface area contributed by atoms with Gasteiger partial charge >= 0.3 is 0 Å². The van der Waals surface area contributed by atoms with Crippen LogP contribution in [0.25, 0.3) is 10.9 Å². The molecule has 1 aliphatic rings. The fourth-order valence-corrected chi connectivity index (χ4v) is 3.04. The zero-order chi connectivity index (χ0) is 15.4. The lowest BCUT2D eigenvalue weighted by atomic mass is 9.78. The van der Waals surface area contributed by atoms with Crippen molar-refractivity contribution >= 4 is 22.5 Å². The Morgan fingerprint density at radius 1 is 1.36 bits per heavy atom. The minimum absolute atomic E-state index is 0.0408. The van der Waals surface area contributed by atoms with E-state index in [9.17, 15) is 4.79 Å². The number of nitrogens with zero attached hydrogens (tertiary/aromatic N) is 1. The number of pyridine rings is 1. The molecule has 1 aromatic heterocycles. The van der Waals surface area contributed by atoms with Gasteiger partial charge in [-0.25, -0.2) is 0 Å². The molecule has 3 rings (SSSR count). The number of anilines is 1. The zero-order valence-electron chi connectivity index (χ0n) is 12.8. The molecule has 0 aliphatic carbocycles. The normalized spacial score (nSPS) is 17.3. The number of fused-ring (bicyclic) bond motifs is 1. The van der Waals surface area contributed by atoms with Crippen molar-refractivity contribution in [1.29, 1.82) is 0 Å². The van der Waals surface area contributed by atoms with Crippen LogP contribution in [0.15, 0.2) is 36.5 Å². The van der Waals surface area contributed by atoms with Gasteiger partial charge in [0.25, 0.3) is 0 Å². The third-order valence-electron chi connectivity index (χ3n) is 4.32. The van der Waals surface area contributed by atoms with Gasteiger partial charge in [-0.05, 0) is 50.2 Å². The van der Waals surface area contributed by atoms with E-state index in [1.54, 1.807) is 13.3 Å². The highest BCUT2D eigenvalue weighted by Gasteiger charge is 2.39. The summed E-state index contributed by atoms with van der Waals surface area (Å²) in [6.07, 6.45) is 3.35. The van der Waals surface area contributed by atoms with Crippen LogP contribution in [-0.4, -0.2) is 37.7 Å². The van der Waals surface area contributed by atoms with Crippen molar-refractivity contribution in [3.8, 4) is 0 Å². The maximum atomic E-state index is 12.8. The molecule has 0 radical (unpaired) electrons. The number of aromatic nitrogens is 1. The average molecular weight is 299 g/mol. The zero-order valence-corrected chi connectivity index (χ0v) is 12.8. The van der Waals surface area contributed by atoms with E-state index in [0.29, 0.717) is 6.61 Å². The molecule has 1 saturated heterocycles. The first-order chi connectivity index (χ1) is 10.7. The second kappa shape index (κ2) is 6.42. The standard InChI is InChI=1S/C17H21N3O2/c1-22-12-17(6-9-18-10-7-17)16(21)20-14-4-5-15-13(11-14)3-2-8-19-15/h2-5,8,11,18H,6-7,9-10,12H2,1H3,(H,20,21). The first-order valence-electron chi connectivity index (χ1n) is 7.59. The molecule has 0 bridgehead atoms. The number of nitrogens with one attached hydrogen (secondary N) is 2. The number of hydrogen-bond acceptors (Lipinski definition) is 4. The minimum Gasteiger partial charge on any atom is -0.384 e. The predicted octanol–water partition coefficient (Wildman–Crippen LogP) is 2.19. The van der Waals surface area contributed by atoms with Gasteiger partial charge in [0.2, 0.25) is 5.91 Å². The highest BCUT2D eigenvalue weighted by Crippen LogP contribution is 2.31. The van der Waals surface area contributed by atoms with Crippen molar-refractivity contribution in [3.05, 3.63) is 36.5 Å². The molecule has 0 unspecified atom stereocenters. The molecule has 116 valence electrons. The molecule has 1 fully saturated rings. The second-order valence-electron chi connectivity index (χ2n) is 5.83. The van der Waals surface area contributed by atoms with Crippen molar-refractivity contribution in [1.82, 2.24) is 10.3 Å². The van der Waals surface area contributed by atoms with E-state index >= 15 is 0 Å². The van der Waals surface area contributed by atoms with E-state index in [0.717, 1.165) is 42.5 Å². The Balaban J connectivity index is 1.81. The third-order valence-corrected chi connectivity index (χ3v) is 4.32. The quantitative estimate of drug-likeness (QED) is 0.908. The summed E-state index contributed by atoms with van der Waals surface area (Å²) in [5.74, 6) is 0.0408. The molecule has 5 heteroatoms. The second-order valence-corrected chi connectivity index (χ2v) is 5.83. The summed E-state index contributed by atoms with van der Waals surface area (Å²) in [4.78, 5) is 17.1. The average Bonchev–Trinajstić information content (AvgIpc) is 2.56. The summed E-state index contributed by atoms with van der Waals surface area (Å²) in [5, 5.41) is 7.37. The number of rotatable bonds is 4. The molecule has 1 aliphatic heterocycles. The first kappa shape index (κ1) is 14.9. The monoisotopic (exact) mass is 299 g/mol. The Kier molecular flexibility index (Phi) is 4.36. The third kappa shape index (κ3) is 2.96. The van der Waals surface area contributed by atoms with Gasteiger partial charge in [-0.15, -0.1) is 0 Å². The van der Waals surface area contributed by atoms with Gasteiger partial charge < -0.3 is 15.4 Å². The van der Waals surface area contributed by atoms with Crippen LogP contribution in [0.1, 0.15) is 12.8 Å². The van der Waals surface area contributed by atoms with E-state index in [1.807, 2.05) is 30.3 Å². The number of carbonyl (C=O) groups is 1. The maximum Gasteiger partial charge on any atom is 0.233 e. The smallest absolute Gasteiger partial charge is 0.233 e. The van der Waals surface area contributed by atoms with Crippen LogP contribution in [-0.2, 0) is 9.53 Å². The van der Waals surface area contributed by atoms with Crippen molar-refractivity contribution in [2.75, 3.05) is 32.1 Å². The Morgan fingerprint density at radius 2 is 2.18 bits per heavy atom. The van der Waals surface area contributed by atoms with Crippen LogP contribution in [0.2, 0.25) is 0 Å². The molecule has 2 heterocycles. The molecule has 1 aromatic carbocycles. The van der Waals surface area contributed by atoms with Gasteiger partial charge in [0.15, 0.2) is 0 Å². The molecule has 0 saturated carbocycles. The van der Waals surface area contributed by atoms with Crippen LogP contribution in [0.3, 0.4) is 0 Å². The fourth-order valence-electron chi connectivity index (χ4n) is 3.04. The lowest BCUT2D eigenvalue weighted by molar-refractivity contribution is -0.130. The highest BCUT2D eigenvalue weighted by molar-refractivity contribution is 5.97. The Morgan fingerprint density at radius 3 is 2.95 bits per heavy atom. The lowest BCUT2D eigenvalue weighted by Crippen LogP contribution is -2.47. The number of piperidine rings is 1. The van der Waals surface area contributed by atoms with Crippen LogP contribution in [0.4, 0.5) is 5.69 Å². The lowest BCUT2D eigenvalue weighted by Gasteiger charge is -2.35.